The lowest BCUT2D eigenvalue weighted by Gasteiger charge is -2.06. The van der Waals surface area contributed by atoms with Gasteiger partial charge in [0.25, 0.3) is 0 Å². The van der Waals surface area contributed by atoms with E-state index in [1.807, 2.05) is 6.07 Å². The Labute approximate surface area is 106 Å². The van der Waals surface area contributed by atoms with E-state index >= 15 is 0 Å². The van der Waals surface area contributed by atoms with Crippen molar-refractivity contribution in [3.63, 3.8) is 0 Å². The minimum absolute atomic E-state index is 0.271. The minimum atomic E-state index is -0.271. The van der Waals surface area contributed by atoms with Crippen molar-refractivity contribution in [3.05, 3.63) is 29.6 Å². The predicted octanol–water partition coefficient (Wildman–Crippen LogP) is 3.13. The lowest BCUT2D eigenvalue weighted by atomic mass is 10.0. The van der Waals surface area contributed by atoms with Crippen molar-refractivity contribution in [2.75, 3.05) is 0 Å². The standard InChI is InChI=1S/C13H17FN4/c1-2-3-4-5-6-10-7-8-11(14)9-12(10)13-15-17-18-16-13/h7-9H,2-6H2,1H3,(H,15,16,17,18). The van der Waals surface area contributed by atoms with Crippen molar-refractivity contribution in [1.29, 1.82) is 0 Å². The first-order valence-electron chi connectivity index (χ1n) is 6.33. The number of H-pyrrole nitrogens is 1. The summed E-state index contributed by atoms with van der Waals surface area (Å²) in [6.45, 7) is 2.18. The molecule has 0 bridgehead atoms. The van der Waals surface area contributed by atoms with Gasteiger partial charge in [-0.3, -0.25) is 0 Å². The second-order valence-electron chi connectivity index (χ2n) is 4.35. The third-order valence-corrected chi connectivity index (χ3v) is 2.96. The van der Waals surface area contributed by atoms with Crippen LogP contribution in [0.4, 0.5) is 4.39 Å². The molecule has 18 heavy (non-hydrogen) atoms. The Morgan fingerprint density at radius 3 is 2.83 bits per heavy atom. The Kier molecular flexibility index (Phi) is 4.39. The van der Waals surface area contributed by atoms with Crippen LogP contribution >= 0.6 is 0 Å². The topological polar surface area (TPSA) is 54.5 Å². The number of aromatic nitrogens is 4. The van der Waals surface area contributed by atoms with Crippen molar-refractivity contribution in [3.8, 4) is 11.4 Å². The summed E-state index contributed by atoms with van der Waals surface area (Å²) >= 11 is 0. The number of benzene rings is 1. The number of aryl methyl sites for hydroxylation is 1. The van der Waals surface area contributed by atoms with Gasteiger partial charge in [-0.05, 0) is 35.8 Å². The van der Waals surface area contributed by atoms with E-state index in [0.717, 1.165) is 24.0 Å². The normalized spacial score (nSPS) is 10.8. The molecule has 5 heteroatoms. The molecule has 0 fully saturated rings. The Morgan fingerprint density at radius 1 is 1.22 bits per heavy atom. The van der Waals surface area contributed by atoms with Crippen LogP contribution in [0.25, 0.3) is 11.4 Å². The van der Waals surface area contributed by atoms with Crippen molar-refractivity contribution >= 4 is 0 Å². The zero-order valence-electron chi connectivity index (χ0n) is 10.5. The molecule has 2 aromatic rings. The molecule has 4 nitrogen and oxygen atoms in total. The van der Waals surface area contributed by atoms with E-state index in [2.05, 4.69) is 27.5 Å². The van der Waals surface area contributed by atoms with Crippen LogP contribution in [0.1, 0.15) is 38.2 Å². The second kappa shape index (κ2) is 6.23. The molecular formula is C13H17FN4. The second-order valence-corrected chi connectivity index (χ2v) is 4.35. The molecule has 1 N–H and O–H groups in total. The average molecular weight is 248 g/mol. The SMILES string of the molecule is CCCCCCc1ccc(F)cc1-c1nn[nH]n1. The number of tetrazole rings is 1. The van der Waals surface area contributed by atoms with E-state index < -0.39 is 0 Å². The van der Waals surface area contributed by atoms with Crippen LogP contribution < -0.4 is 0 Å². The first-order chi connectivity index (χ1) is 8.81. The van der Waals surface area contributed by atoms with E-state index in [0.29, 0.717) is 5.82 Å². The molecule has 1 aromatic heterocycles. The molecule has 0 aliphatic rings. The Hall–Kier alpha value is -1.78. The van der Waals surface area contributed by atoms with Crippen LogP contribution in [0, 0.1) is 5.82 Å². The van der Waals surface area contributed by atoms with Gasteiger partial charge < -0.3 is 0 Å². The quantitative estimate of drug-likeness (QED) is 0.799. The molecule has 1 aromatic carbocycles. The zero-order chi connectivity index (χ0) is 12.8. The number of hydrogen-bond acceptors (Lipinski definition) is 3. The Bertz CT molecular complexity index is 482. The minimum Gasteiger partial charge on any atom is -0.207 e. The highest BCUT2D eigenvalue weighted by Gasteiger charge is 2.10. The first kappa shape index (κ1) is 12.7. The number of rotatable bonds is 6. The van der Waals surface area contributed by atoms with Crippen LogP contribution in [-0.4, -0.2) is 20.6 Å². The van der Waals surface area contributed by atoms with Gasteiger partial charge in [0.15, 0.2) is 0 Å². The molecule has 0 unspecified atom stereocenters. The van der Waals surface area contributed by atoms with E-state index in [1.165, 1.54) is 31.4 Å². The Balaban J connectivity index is 2.14. The molecule has 0 radical (unpaired) electrons. The number of unbranched alkanes of at least 4 members (excludes halogenated alkanes) is 3. The molecule has 0 atom stereocenters. The molecule has 0 spiro atoms. The lowest BCUT2D eigenvalue weighted by molar-refractivity contribution is 0.625. The number of aromatic amines is 1. The summed E-state index contributed by atoms with van der Waals surface area (Å²) in [5.74, 6) is 0.187. The number of halogens is 1. The summed E-state index contributed by atoms with van der Waals surface area (Å²) in [6, 6.07) is 4.77. The molecule has 0 amide bonds. The highest BCUT2D eigenvalue weighted by atomic mass is 19.1. The molecule has 0 aliphatic carbocycles. The fourth-order valence-electron chi connectivity index (χ4n) is 1.99. The first-order valence-corrected chi connectivity index (χ1v) is 6.33. The highest BCUT2D eigenvalue weighted by Crippen LogP contribution is 2.22. The van der Waals surface area contributed by atoms with Crippen LogP contribution in [-0.2, 0) is 6.42 Å². The van der Waals surface area contributed by atoms with E-state index in [9.17, 15) is 4.39 Å². The lowest BCUT2D eigenvalue weighted by Crippen LogP contribution is -1.94. The zero-order valence-corrected chi connectivity index (χ0v) is 10.5. The Morgan fingerprint density at radius 2 is 2.11 bits per heavy atom. The summed E-state index contributed by atoms with van der Waals surface area (Å²) in [7, 11) is 0. The van der Waals surface area contributed by atoms with Gasteiger partial charge in [0.1, 0.15) is 5.82 Å². The third kappa shape index (κ3) is 3.12. The van der Waals surface area contributed by atoms with Gasteiger partial charge in [0.2, 0.25) is 5.82 Å². The molecule has 0 saturated carbocycles. The van der Waals surface area contributed by atoms with Gasteiger partial charge >= 0.3 is 0 Å². The van der Waals surface area contributed by atoms with Gasteiger partial charge in [0, 0.05) is 5.56 Å². The number of nitrogens with one attached hydrogen (secondary N) is 1. The van der Waals surface area contributed by atoms with Crippen LogP contribution in [0.2, 0.25) is 0 Å². The summed E-state index contributed by atoms with van der Waals surface area (Å²) in [6.07, 6.45) is 5.66. The summed E-state index contributed by atoms with van der Waals surface area (Å²) in [5.41, 5.74) is 1.81. The third-order valence-electron chi connectivity index (χ3n) is 2.96. The monoisotopic (exact) mass is 248 g/mol. The van der Waals surface area contributed by atoms with Crippen LogP contribution in [0.3, 0.4) is 0 Å². The maximum atomic E-state index is 13.3. The van der Waals surface area contributed by atoms with Gasteiger partial charge in [0.05, 0.1) is 0 Å². The molecule has 1 heterocycles. The molecule has 96 valence electrons. The predicted molar refractivity (Wildman–Crippen MR) is 67.4 cm³/mol. The highest BCUT2D eigenvalue weighted by molar-refractivity contribution is 5.59. The van der Waals surface area contributed by atoms with Crippen molar-refractivity contribution in [2.45, 2.75) is 39.0 Å². The molecular weight excluding hydrogens is 231 g/mol. The van der Waals surface area contributed by atoms with Crippen LogP contribution in [0.15, 0.2) is 18.2 Å². The number of nitrogens with zero attached hydrogens (tertiary/aromatic N) is 3. The fraction of sp³-hybridized carbons (Fsp3) is 0.462. The average Bonchev–Trinajstić information content (AvgIpc) is 2.90. The van der Waals surface area contributed by atoms with E-state index in [1.54, 1.807) is 0 Å². The fourth-order valence-corrected chi connectivity index (χ4v) is 1.99. The van der Waals surface area contributed by atoms with E-state index in [-0.39, 0.29) is 5.82 Å². The van der Waals surface area contributed by atoms with Gasteiger partial charge in [-0.25, -0.2) is 4.39 Å². The van der Waals surface area contributed by atoms with Gasteiger partial charge in [-0.2, -0.15) is 5.21 Å². The van der Waals surface area contributed by atoms with Crippen LogP contribution in [0.5, 0.6) is 0 Å². The van der Waals surface area contributed by atoms with Crippen molar-refractivity contribution < 1.29 is 4.39 Å². The van der Waals surface area contributed by atoms with Gasteiger partial charge in [-0.1, -0.05) is 32.3 Å². The maximum absolute atomic E-state index is 13.3. The van der Waals surface area contributed by atoms with Crippen molar-refractivity contribution in [2.24, 2.45) is 0 Å². The van der Waals surface area contributed by atoms with Gasteiger partial charge in [-0.15, -0.1) is 10.2 Å². The summed E-state index contributed by atoms with van der Waals surface area (Å²) in [5, 5.41) is 13.8. The number of hydrogen-bond donors (Lipinski definition) is 1. The van der Waals surface area contributed by atoms with Crippen molar-refractivity contribution in [1.82, 2.24) is 20.6 Å². The molecule has 0 aliphatic heterocycles. The summed E-state index contributed by atoms with van der Waals surface area (Å²) in [4.78, 5) is 0. The largest absolute Gasteiger partial charge is 0.207 e. The van der Waals surface area contributed by atoms with E-state index in [4.69, 9.17) is 0 Å². The molecule has 0 saturated heterocycles. The smallest absolute Gasteiger partial charge is 0.205 e. The maximum Gasteiger partial charge on any atom is 0.205 e. The summed E-state index contributed by atoms with van der Waals surface area (Å²) < 4.78 is 13.3. The molecule has 2 rings (SSSR count).